The first-order valence-corrected chi connectivity index (χ1v) is 12.1. The van der Waals surface area contributed by atoms with Crippen molar-refractivity contribution in [1.82, 2.24) is 9.29 Å². The summed E-state index contributed by atoms with van der Waals surface area (Å²) in [5, 5.41) is 14.7. The number of sulfonamides is 1. The number of rotatable bonds is 9. The van der Waals surface area contributed by atoms with E-state index in [1.807, 2.05) is 12.1 Å². The minimum Gasteiger partial charge on any atom is -0.394 e. The van der Waals surface area contributed by atoms with Crippen LogP contribution < -0.4 is 10.6 Å². The molecule has 1 amide bonds. The second-order valence-electron chi connectivity index (χ2n) is 7.03. The number of aromatic nitrogens is 1. The smallest absolute Gasteiger partial charge is 0.257 e. The minimum absolute atomic E-state index is 0.108. The Hall–Kier alpha value is -2.83. The summed E-state index contributed by atoms with van der Waals surface area (Å²) in [5.41, 5.74) is 5.26. The molecule has 1 aromatic heterocycles. The molecule has 9 nitrogen and oxygen atoms in total. The van der Waals surface area contributed by atoms with E-state index >= 15 is 0 Å². The Bertz CT molecular complexity index is 1270. The lowest BCUT2D eigenvalue weighted by atomic mass is 10.1. The molecule has 0 saturated carbocycles. The highest BCUT2D eigenvalue weighted by molar-refractivity contribution is 7.89. The fourth-order valence-corrected chi connectivity index (χ4v) is 5.29. The van der Waals surface area contributed by atoms with Crippen molar-refractivity contribution in [3.63, 3.8) is 0 Å². The lowest BCUT2D eigenvalue weighted by molar-refractivity contribution is -0.110. The van der Waals surface area contributed by atoms with Gasteiger partial charge >= 0.3 is 0 Å². The van der Waals surface area contributed by atoms with Crippen molar-refractivity contribution < 1.29 is 23.1 Å². The molecular formula is C21H22N4O5S2. The van der Waals surface area contributed by atoms with Gasteiger partial charge in [0.1, 0.15) is 0 Å². The zero-order valence-electron chi connectivity index (χ0n) is 17.2. The summed E-state index contributed by atoms with van der Waals surface area (Å²) in [4.78, 5) is 16.9. The molecule has 32 heavy (non-hydrogen) atoms. The summed E-state index contributed by atoms with van der Waals surface area (Å²) < 4.78 is 32.6. The molecule has 2 aromatic carbocycles. The van der Waals surface area contributed by atoms with Crippen LogP contribution in [0.25, 0.3) is 15.8 Å². The van der Waals surface area contributed by atoms with Crippen molar-refractivity contribution in [3.05, 3.63) is 53.7 Å². The number of aliphatic hydroxyl groups is 1. The minimum atomic E-state index is -3.66. The van der Waals surface area contributed by atoms with Gasteiger partial charge in [-0.1, -0.05) is 0 Å². The third-order valence-corrected chi connectivity index (χ3v) is 7.72. The van der Waals surface area contributed by atoms with Crippen molar-refractivity contribution >= 4 is 54.4 Å². The third kappa shape index (κ3) is 4.38. The van der Waals surface area contributed by atoms with Crippen LogP contribution in [0.5, 0.6) is 0 Å². The van der Waals surface area contributed by atoms with E-state index in [9.17, 15) is 13.2 Å². The van der Waals surface area contributed by atoms with Gasteiger partial charge in [0.05, 0.1) is 51.7 Å². The van der Waals surface area contributed by atoms with Gasteiger partial charge in [0.25, 0.3) is 5.91 Å². The number of fused-ring (bicyclic) bond motifs is 3. The highest BCUT2D eigenvalue weighted by atomic mass is 32.2. The molecule has 0 spiro atoms. The Balaban J connectivity index is 1.49. The average Bonchev–Trinajstić information content (AvgIpc) is 3.38. The van der Waals surface area contributed by atoms with Gasteiger partial charge in [-0.05, 0) is 36.4 Å². The van der Waals surface area contributed by atoms with Crippen LogP contribution in [0, 0.1) is 0 Å². The van der Waals surface area contributed by atoms with E-state index in [1.54, 1.807) is 23.8 Å². The first-order valence-electron chi connectivity index (χ1n) is 9.81. The Morgan fingerprint density at radius 3 is 2.75 bits per heavy atom. The number of ether oxygens (including phenoxy) is 1. The molecule has 0 radical (unpaired) electrons. The maximum absolute atomic E-state index is 12.7. The number of likely N-dealkylation sites (N-methyl/N-ethyl adjacent to an activating group) is 1. The van der Waals surface area contributed by atoms with E-state index in [-0.39, 0.29) is 37.2 Å². The van der Waals surface area contributed by atoms with Gasteiger partial charge in [0, 0.05) is 31.0 Å². The zero-order chi connectivity index (χ0) is 22.7. The summed E-state index contributed by atoms with van der Waals surface area (Å²) in [7, 11) is -2.19. The molecule has 0 unspecified atom stereocenters. The molecule has 0 atom stereocenters. The van der Waals surface area contributed by atoms with Crippen molar-refractivity contribution in [2.24, 2.45) is 0 Å². The van der Waals surface area contributed by atoms with Crippen molar-refractivity contribution in [3.8, 4) is 0 Å². The van der Waals surface area contributed by atoms with Crippen LogP contribution in [0.15, 0.2) is 53.0 Å². The average molecular weight is 475 g/mol. The number of nitrogens with one attached hydrogen (secondary N) is 2. The Morgan fingerprint density at radius 1 is 1.22 bits per heavy atom. The van der Waals surface area contributed by atoms with Crippen LogP contribution in [0.2, 0.25) is 0 Å². The molecule has 2 heterocycles. The number of nitrogens with zero attached hydrogens (tertiary/aromatic N) is 2. The Morgan fingerprint density at radius 2 is 2.00 bits per heavy atom. The number of amides is 1. The number of carbonyl (C=O) groups is 1. The molecule has 0 fully saturated rings. The summed E-state index contributed by atoms with van der Waals surface area (Å²) in [5.74, 6) is -0.211. The van der Waals surface area contributed by atoms with E-state index in [4.69, 9.17) is 9.84 Å². The van der Waals surface area contributed by atoms with Crippen LogP contribution in [0.3, 0.4) is 0 Å². The Labute approximate surface area is 189 Å². The highest BCUT2D eigenvalue weighted by Gasteiger charge is 2.27. The first kappa shape index (κ1) is 22.4. The molecule has 0 bridgehead atoms. The molecule has 4 rings (SSSR count). The molecule has 1 aliphatic rings. The van der Waals surface area contributed by atoms with Crippen LogP contribution in [0.1, 0.15) is 5.56 Å². The molecule has 3 aromatic rings. The maximum Gasteiger partial charge on any atom is 0.257 e. The SMILES string of the molecule is CN(CCOCCO)S(=O)(=O)c1ccc(N/C=C2\C(=O)Nc3ccc4ncsc4c32)cc1. The number of hydrogen-bond acceptors (Lipinski definition) is 8. The van der Waals surface area contributed by atoms with Crippen LogP contribution in [0.4, 0.5) is 11.4 Å². The second kappa shape index (κ2) is 9.35. The summed E-state index contributed by atoms with van der Waals surface area (Å²) >= 11 is 1.47. The lowest BCUT2D eigenvalue weighted by Crippen LogP contribution is -2.30. The molecule has 1 aliphatic heterocycles. The number of aliphatic hydroxyl groups excluding tert-OH is 1. The van der Waals surface area contributed by atoms with E-state index in [0.29, 0.717) is 11.3 Å². The fraction of sp³-hybridized carbons (Fsp3) is 0.238. The number of carbonyl (C=O) groups excluding carboxylic acids is 1. The zero-order valence-corrected chi connectivity index (χ0v) is 18.9. The Kier molecular flexibility index (Phi) is 6.53. The molecule has 3 N–H and O–H groups in total. The molecule has 0 aliphatic carbocycles. The lowest BCUT2D eigenvalue weighted by Gasteiger charge is -2.17. The molecule has 11 heteroatoms. The molecule has 168 valence electrons. The van der Waals surface area contributed by atoms with E-state index in [1.165, 1.54) is 34.8 Å². The monoisotopic (exact) mass is 474 g/mol. The van der Waals surface area contributed by atoms with Crippen LogP contribution >= 0.6 is 11.3 Å². The number of thiazole rings is 1. The van der Waals surface area contributed by atoms with Crippen LogP contribution in [-0.2, 0) is 19.6 Å². The number of anilines is 2. The van der Waals surface area contributed by atoms with Gasteiger partial charge < -0.3 is 20.5 Å². The predicted molar refractivity (Wildman–Crippen MR) is 124 cm³/mol. The summed E-state index contributed by atoms with van der Waals surface area (Å²) in [6, 6.07) is 10.00. The highest BCUT2D eigenvalue weighted by Crippen LogP contribution is 2.39. The standard InChI is InChI=1S/C21H22N4O5S2/c1-25(8-10-30-11-9-26)32(28,29)15-4-2-14(3-5-15)22-12-16-19-17(24-21(16)27)6-7-18-20(19)31-13-23-18/h2-7,12-13,22,26H,8-11H2,1H3,(H,24,27)/b16-12-. The van der Waals surface area contributed by atoms with Gasteiger partial charge in [0.2, 0.25) is 10.0 Å². The van der Waals surface area contributed by atoms with Gasteiger partial charge in [-0.3, -0.25) is 4.79 Å². The number of hydrogen-bond donors (Lipinski definition) is 3. The van der Waals surface area contributed by atoms with E-state index < -0.39 is 10.0 Å². The quantitative estimate of drug-likeness (QED) is 0.321. The molecule has 0 saturated heterocycles. The molecular weight excluding hydrogens is 452 g/mol. The summed E-state index contributed by atoms with van der Waals surface area (Å²) in [6.45, 7) is 0.430. The first-order chi connectivity index (χ1) is 15.4. The van der Waals surface area contributed by atoms with Gasteiger partial charge in [-0.25, -0.2) is 13.4 Å². The van der Waals surface area contributed by atoms with Gasteiger partial charge in [-0.15, -0.1) is 11.3 Å². The third-order valence-electron chi connectivity index (χ3n) is 4.99. The maximum atomic E-state index is 12.7. The second-order valence-corrected chi connectivity index (χ2v) is 9.93. The van der Waals surface area contributed by atoms with Crippen molar-refractivity contribution in [2.75, 3.05) is 44.0 Å². The van der Waals surface area contributed by atoms with Crippen molar-refractivity contribution in [1.29, 1.82) is 0 Å². The largest absolute Gasteiger partial charge is 0.394 e. The number of benzene rings is 2. The van der Waals surface area contributed by atoms with Crippen LogP contribution in [-0.4, -0.2) is 62.1 Å². The van der Waals surface area contributed by atoms with E-state index in [2.05, 4.69) is 15.6 Å². The topological polar surface area (TPSA) is 121 Å². The van der Waals surface area contributed by atoms with Gasteiger partial charge in [-0.2, -0.15) is 4.31 Å². The summed E-state index contributed by atoms with van der Waals surface area (Å²) in [6.07, 6.45) is 1.62. The normalized spacial score (nSPS) is 14.8. The fourth-order valence-electron chi connectivity index (χ4n) is 3.28. The van der Waals surface area contributed by atoms with Gasteiger partial charge in [0.15, 0.2) is 0 Å². The van der Waals surface area contributed by atoms with E-state index in [0.717, 1.165) is 21.5 Å². The van der Waals surface area contributed by atoms with Crippen molar-refractivity contribution in [2.45, 2.75) is 4.90 Å². The predicted octanol–water partition coefficient (Wildman–Crippen LogP) is 2.33.